The van der Waals surface area contributed by atoms with Gasteiger partial charge in [-0.2, -0.15) is 0 Å². The number of hydrogen-bond donors (Lipinski definition) is 2. The SMILES string of the molecule is CCn1c(O)c(N=Nc2cc(C(=O)O)ccc2Cl)c2ccccc21. The highest BCUT2D eigenvalue weighted by molar-refractivity contribution is 6.33. The summed E-state index contributed by atoms with van der Waals surface area (Å²) < 4.78 is 1.72. The molecule has 0 fully saturated rings. The molecule has 0 aliphatic heterocycles. The molecule has 24 heavy (non-hydrogen) atoms. The standard InChI is InChI=1S/C17H14ClN3O3/c1-2-21-14-6-4-3-5-11(14)15(16(21)22)20-19-13-9-10(17(23)24)7-8-12(13)18/h3-9,22H,2H2,1H3,(H,23,24). The number of aryl methyl sites for hydroxylation is 1. The van der Waals surface area contributed by atoms with Crippen molar-refractivity contribution in [2.24, 2.45) is 10.2 Å². The second-order valence-corrected chi connectivity index (χ2v) is 5.51. The molecule has 2 aromatic carbocycles. The predicted octanol–water partition coefficient (Wildman–Crippen LogP) is 5.13. The average Bonchev–Trinajstić information content (AvgIpc) is 2.85. The molecule has 0 atom stereocenters. The van der Waals surface area contributed by atoms with Gasteiger partial charge in [0, 0.05) is 11.9 Å². The van der Waals surface area contributed by atoms with Crippen LogP contribution in [0.2, 0.25) is 5.02 Å². The zero-order valence-electron chi connectivity index (χ0n) is 12.8. The number of fused-ring (bicyclic) bond motifs is 1. The van der Waals surface area contributed by atoms with E-state index in [9.17, 15) is 9.90 Å². The lowest BCUT2D eigenvalue weighted by Gasteiger charge is -2.01. The monoisotopic (exact) mass is 343 g/mol. The zero-order valence-corrected chi connectivity index (χ0v) is 13.5. The van der Waals surface area contributed by atoms with E-state index in [0.717, 1.165) is 10.9 Å². The Kier molecular flexibility index (Phi) is 4.22. The maximum absolute atomic E-state index is 11.1. The van der Waals surface area contributed by atoms with E-state index in [4.69, 9.17) is 16.7 Å². The number of hydrogen-bond acceptors (Lipinski definition) is 4. The largest absolute Gasteiger partial charge is 0.493 e. The third kappa shape index (κ3) is 2.72. The number of para-hydroxylation sites is 1. The molecule has 0 aliphatic rings. The minimum atomic E-state index is -1.08. The second-order valence-electron chi connectivity index (χ2n) is 5.10. The molecule has 3 aromatic rings. The van der Waals surface area contributed by atoms with Gasteiger partial charge >= 0.3 is 5.97 Å². The topological polar surface area (TPSA) is 87.2 Å². The maximum Gasteiger partial charge on any atom is 0.335 e. The summed E-state index contributed by atoms with van der Waals surface area (Å²) in [5, 5.41) is 28.6. The quantitative estimate of drug-likeness (QED) is 0.643. The molecule has 1 aromatic heterocycles. The lowest BCUT2D eigenvalue weighted by atomic mass is 10.2. The first kappa shape index (κ1) is 16.0. The summed E-state index contributed by atoms with van der Waals surface area (Å²) in [4.78, 5) is 11.1. The van der Waals surface area contributed by atoms with Crippen LogP contribution < -0.4 is 0 Å². The Morgan fingerprint density at radius 3 is 2.67 bits per heavy atom. The minimum Gasteiger partial charge on any atom is -0.493 e. The first-order valence-corrected chi connectivity index (χ1v) is 7.65. The number of nitrogens with zero attached hydrogens (tertiary/aromatic N) is 3. The van der Waals surface area contributed by atoms with E-state index < -0.39 is 5.97 Å². The Hall–Kier alpha value is -2.86. The second kappa shape index (κ2) is 6.33. The van der Waals surface area contributed by atoms with Crippen LogP contribution in [0.5, 0.6) is 5.88 Å². The normalized spacial score (nSPS) is 11.4. The number of benzene rings is 2. The van der Waals surface area contributed by atoms with Crippen molar-refractivity contribution in [1.29, 1.82) is 0 Å². The Morgan fingerprint density at radius 1 is 1.21 bits per heavy atom. The zero-order chi connectivity index (χ0) is 17.3. The van der Waals surface area contributed by atoms with Crippen LogP contribution in [0, 0.1) is 0 Å². The van der Waals surface area contributed by atoms with E-state index in [0.29, 0.717) is 12.2 Å². The number of rotatable bonds is 4. The summed E-state index contributed by atoms with van der Waals surface area (Å²) in [5.74, 6) is -1.07. The molecule has 3 rings (SSSR count). The summed E-state index contributed by atoms with van der Waals surface area (Å²) in [6, 6.07) is 11.6. The smallest absolute Gasteiger partial charge is 0.335 e. The van der Waals surface area contributed by atoms with Crippen LogP contribution in [0.4, 0.5) is 11.4 Å². The molecule has 0 bridgehead atoms. The first-order valence-electron chi connectivity index (χ1n) is 7.27. The van der Waals surface area contributed by atoms with Gasteiger partial charge in [0.1, 0.15) is 5.69 Å². The fourth-order valence-electron chi connectivity index (χ4n) is 2.52. The van der Waals surface area contributed by atoms with Gasteiger partial charge in [0.05, 0.1) is 16.1 Å². The van der Waals surface area contributed by atoms with Crippen molar-refractivity contribution in [1.82, 2.24) is 4.57 Å². The Labute approximate surface area is 142 Å². The summed E-state index contributed by atoms with van der Waals surface area (Å²) in [7, 11) is 0. The average molecular weight is 344 g/mol. The number of carboxylic acids is 1. The molecule has 1 heterocycles. The molecule has 0 aliphatic carbocycles. The number of halogens is 1. The predicted molar refractivity (Wildman–Crippen MR) is 91.9 cm³/mol. The van der Waals surface area contributed by atoms with Gasteiger partial charge in [-0.1, -0.05) is 29.8 Å². The molecule has 0 saturated carbocycles. The summed E-state index contributed by atoms with van der Waals surface area (Å²) in [5.41, 5.74) is 1.46. The highest BCUT2D eigenvalue weighted by Gasteiger charge is 2.15. The van der Waals surface area contributed by atoms with E-state index in [1.807, 2.05) is 31.2 Å². The van der Waals surface area contributed by atoms with Gasteiger partial charge in [-0.3, -0.25) is 0 Å². The van der Waals surface area contributed by atoms with Gasteiger partial charge in [-0.15, -0.1) is 10.2 Å². The van der Waals surface area contributed by atoms with Crippen molar-refractivity contribution in [3.8, 4) is 5.88 Å². The van der Waals surface area contributed by atoms with Gasteiger partial charge in [-0.05, 0) is 31.2 Å². The van der Waals surface area contributed by atoms with Crippen LogP contribution in [0.3, 0.4) is 0 Å². The summed E-state index contributed by atoms with van der Waals surface area (Å²) in [6.07, 6.45) is 0. The molecule has 122 valence electrons. The molecule has 7 heteroatoms. The Balaban J connectivity index is 2.11. The molecule has 0 radical (unpaired) electrons. The van der Waals surface area contributed by atoms with Crippen LogP contribution in [0.15, 0.2) is 52.7 Å². The number of azo groups is 1. The minimum absolute atomic E-state index is 0.00737. The lowest BCUT2D eigenvalue weighted by Crippen LogP contribution is -1.94. The van der Waals surface area contributed by atoms with E-state index >= 15 is 0 Å². The van der Waals surface area contributed by atoms with Crippen molar-refractivity contribution in [2.45, 2.75) is 13.5 Å². The fraction of sp³-hybridized carbons (Fsp3) is 0.118. The molecular weight excluding hydrogens is 330 g/mol. The van der Waals surface area contributed by atoms with E-state index in [-0.39, 0.29) is 22.2 Å². The van der Waals surface area contributed by atoms with Crippen molar-refractivity contribution < 1.29 is 15.0 Å². The molecule has 6 nitrogen and oxygen atoms in total. The van der Waals surface area contributed by atoms with Gasteiger partial charge in [0.25, 0.3) is 0 Å². The third-order valence-electron chi connectivity index (χ3n) is 3.68. The summed E-state index contributed by atoms with van der Waals surface area (Å²) >= 11 is 6.04. The van der Waals surface area contributed by atoms with E-state index in [1.165, 1.54) is 18.2 Å². The van der Waals surface area contributed by atoms with Gasteiger partial charge in [-0.25, -0.2) is 4.79 Å². The molecule has 0 spiro atoms. The Morgan fingerprint density at radius 2 is 1.96 bits per heavy atom. The van der Waals surface area contributed by atoms with Gasteiger partial charge in [0.15, 0.2) is 5.69 Å². The van der Waals surface area contributed by atoms with Crippen LogP contribution in [0.25, 0.3) is 10.9 Å². The molecule has 0 unspecified atom stereocenters. The third-order valence-corrected chi connectivity index (χ3v) is 4.00. The van der Waals surface area contributed by atoms with Crippen molar-refractivity contribution in [3.05, 3.63) is 53.1 Å². The van der Waals surface area contributed by atoms with Crippen molar-refractivity contribution in [3.63, 3.8) is 0 Å². The maximum atomic E-state index is 11.1. The Bertz CT molecular complexity index is 963. The van der Waals surface area contributed by atoms with Crippen molar-refractivity contribution >= 4 is 39.8 Å². The number of aromatic carboxylic acids is 1. The highest BCUT2D eigenvalue weighted by Crippen LogP contribution is 2.39. The fourth-order valence-corrected chi connectivity index (χ4v) is 2.67. The number of carboxylic acid groups (broad SMARTS) is 1. The molecule has 0 saturated heterocycles. The van der Waals surface area contributed by atoms with Crippen LogP contribution in [-0.2, 0) is 6.54 Å². The van der Waals surface area contributed by atoms with Crippen LogP contribution >= 0.6 is 11.6 Å². The number of carbonyl (C=O) groups is 1. The first-order chi connectivity index (χ1) is 11.5. The van der Waals surface area contributed by atoms with E-state index in [1.54, 1.807) is 4.57 Å². The molecule has 2 N–H and O–H groups in total. The van der Waals surface area contributed by atoms with Crippen molar-refractivity contribution in [2.75, 3.05) is 0 Å². The van der Waals surface area contributed by atoms with Gasteiger partial charge in [0.2, 0.25) is 5.88 Å². The van der Waals surface area contributed by atoms with Crippen LogP contribution in [-0.4, -0.2) is 20.7 Å². The van der Waals surface area contributed by atoms with E-state index in [2.05, 4.69) is 10.2 Å². The lowest BCUT2D eigenvalue weighted by molar-refractivity contribution is 0.0697. The summed E-state index contributed by atoms with van der Waals surface area (Å²) in [6.45, 7) is 2.50. The molecule has 0 amide bonds. The van der Waals surface area contributed by atoms with Crippen LogP contribution in [0.1, 0.15) is 17.3 Å². The highest BCUT2D eigenvalue weighted by atomic mass is 35.5. The number of aromatic nitrogens is 1. The van der Waals surface area contributed by atoms with Gasteiger partial charge < -0.3 is 14.8 Å². The molecular formula is C17H14ClN3O3. The number of aromatic hydroxyl groups is 1.